The molecule has 198 valence electrons. The normalized spacial score (nSPS) is 30.5. The Morgan fingerprint density at radius 3 is 2.31 bits per heavy atom. The molecule has 0 aromatic carbocycles. The average Bonchev–Trinajstić information content (AvgIpc) is 3.29. The van der Waals surface area contributed by atoms with Crippen molar-refractivity contribution in [1.82, 2.24) is 0 Å². The van der Waals surface area contributed by atoms with Crippen LogP contribution in [-0.4, -0.2) is 79.2 Å². The van der Waals surface area contributed by atoms with Gasteiger partial charge in [-0.15, -0.1) is 0 Å². The average molecular weight is 528 g/mol. The third-order valence-corrected chi connectivity index (χ3v) is 7.08. The molecule has 1 heterocycles. The molecule has 1 aliphatic heterocycles. The highest BCUT2D eigenvalue weighted by atomic mass is 32.2. The number of hydrogen-bond donors (Lipinski definition) is 1. The van der Waals surface area contributed by atoms with Gasteiger partial charge in [-0.3, -0.25) is 14.1 Å². The lowest BCUT2D eigenvalue weighted by atomic mass is 9.78. The van der Waals surface area contributed by atoms with Gasteiger partial charge in [-0.2, -0.15) is 17.2 Å². The van der Waals surface area contributed by atoms with Gasteiger partial charge < -0.3 is 23.7 Å². The highest BCUT2D eigenvalue weighted by Crippen LogP contribution is 2.59. The van der Waals surface area contributed by atoms with E-state index < -0.39 is 94.1 Å². The number of esters is 4. The fourth-order valence-electron chi connectivity index (χ4n) is 4.75. The Morgan fingerprint density at radius 1 is 1.14 bits per heavy atom. The van der Waals surface area contributed by atoms with E-state index in [9.17, 15) is 36.4 Å². The van der Waals surface area contributed by atoms with Crippen molar-refractivity contribution in [2.24, 2.45) is 23.7 Å². The molecule has 2 aliphatic carbocycles. The van der Waals surface area contributed by atoms with Crippen molar-refractivity contribution in [1.29, 1.82) is 0 Å². The monoisotopic (exact) mass is 528 g/mol. The molecule has 0 radical (unpaired) electrons. The summed E-state index contributed by atoms with van der Waals surface area (Å²) in [7, 11) is -5.82. The van der Waals surface area contributed by atoms with E-state index in [0.717, 1.165) is 0 Å². The van der Waals surface area contributed by atoms with E-state index in [2.05, 4.69) is 4.74 Å². The first-order valence-corrected chi connectivity index (χ1v) is 12.1. The van der Waals surface area contributed by atoms with E-state index in [0.29, 0.717) is 13.3 Å². The lowest BCUT2D eigenvalue weighted by Gasteiger charge is -2.32. The third kappa shape index (κ3) is 5.40. The Bertz CT molecular complexity index is 1000. The second-order valence-electron chi connectivity index (χ2n) is 9.67. The van der Waals surface area contributed by atoms with Crippen LogP contribution in [0.2, 0.25) is 0 Å². The minimum Gasteiger partial charge on any atom is -0.460 e. The molecule has 3 aliphatic rings. The van der Waals surface area contributed by atoms with E-state index in [-0.39, 0.29) is 5.92 Å². The van der Waals surface area contributed by atoms with E-state index in [4.69, 9.17) is 23.5 Å². The zero-order valence-corrected chi connectivity index (χ0v) is 20.1. The summed E-state index contributed by atoms with van der Waals surface area (Å²) in [5, 5.41) is -4.75. The molecule has 2 bridgehead atoms. The largest absolute Gasteiger partial charge is 0.460 e. The van der Waals surface area contributed by atoms with Gasteiger partial charge in [0.1, 0.15) is 31.0 Å². The van der Waals surface area contributed by atoms with Gasteiger partial charge in [-0.1, -0.05) is 0 Å². The topological polar surface area (TPSA) is 169 Å². The molecular weight excluding hydrogens is 502 g/mol. The van der Waals surface area contributed by atoms with Crippen LogP contribution in [0.3, 0.4) is 0 Å². The van der Waals surface area contributed by atoms with E-state index in [1.165, 1.54) is 0 Å². The smallest absolute Gasteiger partial charge is 0.405 e. The molecule has 7 unspecified atom stereocenters. The SMILES string of the molecule is CC(OC(=O)COCC(=O)OC1C2CC3C1OC(=O)C3C2C(=O)OC(C)(C)C)C(F)(F)S(=O)(=O)O. The summed E-state index contributed by atoms with van der Waals surface area (Å²) in [6.07, 6.45) is -3.77. The number of hydrogen-bond acceptors (Lipinski definition) is 11. The van der Waals surface area contributed by atoms with Gasteiger partial charge in [0.05, 0.1) is 11.8 Å². The molecule has 3 rings (SSSR count). The van der Waals surface area contributed by atoms with E-state index in [1.807, 2.05) is 0 Å². The molecule has 3 fully saturated rings. The molecule has 1 saturated heterocycles. The van der Waals surface area contributed by atoms with E-state index >= 15 is 0 Å². The molecule has 0 aromatic heterocycles. The van der Waals surface area contributed by atoms with Crippen molar-refractivity contribution in [3.05, 3.63) is 0 Å². The molecular formula is C20H26F2O12S. The number of fused-ring (bicyclic) bond motifs is 1. The summed E-state index contributed by atoms with van der Waals surface area (Å²) in [4.78, 5) is 48.9. The summed E-state index contributed by atoms with van der Waals surface area (Å²) in [6, 6.07) is 0. The van der Waals surface area contributed by atoms with Crippen molar-refractivity contribution >= 4 is 34.0 Å². The maximum atomic E-state index is 13.4. The number of carbonyl (C=O) groups is 4. The first-order valence-electron chi connectivity index (χ1n) is 10.7. The summed E-state index contributed by atoms with van der Waals surface area (Å²) in [6.45, 7) is 3.77. The highest BCUT2D eigenvalue weighted by Gasteiger charge is 2.70. The standard InChI is InChI=1S/C20H26F2O12S/c1-8(20(21,22)35(27,28)29)31-11(23)6-30-7-12(24)32-15-10-5-9-13(17(25)33-16(9)15)14(10)18(26)34-19(2,3)4/h8-10,13-16H,5-7H2,1-4H3,(H,27,28,29). The fraction of sp³-hybridized carbons (Fsp3) is 0.800. The van der Waals surface area contributed by atoms with Crippen LogP contribution >= 0.6 is 0 Å². The summed E-state index contributed by atoms with van der Waals surface area (Å²) in [5.41, 5.74) is -0.793. The second kappa shape index (κ2) is 9.24. The molecule has 2 saturated carbocycles. The Kier molecular flexibility index (Phi) is 7.18. The summed E-state index contributed by atoms with van der Waals surface area (Å²) < 4.78 is 81.8. The van der Waals surface area contributed by atoms with Crippen molar-refractivity contribution in [2.45, 2.75) is 63.3 Å². The van der Waals surface area contributed by atoms with Gasteiger partial charge >= 0.3 is 39.2 Å². The second-order valence-corrected chi connectivity index (χ2v) is 11.2. The fourth-order valence-corrected chi connectivity index (χ4v) is 5.22. The van der Waals surface area contributed by atoms with Crippen LogP contribution in [0.15, 0.2) is 0 Å². The van der Waals surface area contributed by atoms with Crippen LogP contribution in [0.1, 0.15) is 34.1 Å². The number of rotatable bonds is 9. The van der Waals surface area contributed by atoms with Crippen LogP contribution in [-0.2, 0) is 53.0 Å². The van der Waals surface area contributed by atoms with Crippen molar-refractivity contribution < 1.29 is 64.6 Å². The first kappa shape index (κ1) is 27.2. The number of halogens is 2. The predicted molar refractivity (Wildman–Crippen MR) is 107 cm³/mol. The molecule has 0 spiro atoms. The number of ether oxygens (including phenoxy) is 5. The van der Waals surface area contributed by atoms with Crippen molar-refractivity contribution in [2.75, 3.05) is 13.2 Å². The minimum absolute atomic E-state index is 0.315. The number of alkyl halides is 2. The Morgan fingerprint density at radius 2 is 1.74 bits per heavy atom. The Balaban J connectivity index is 1.53. The first-order chi connectivity index (χ1) is 15.9. The zero-order chi connectivity index (χ0) is 26.5. The molecule has 1 N–H and O–H groups in total. The van der Waals surface area contributed by atoms with Crippen LogP contribution in [0, 0.1) is 23.7 Å². The zero-order valence-electron chi connectivity index (χ0n) is 19.3. The molecule has 12 nitrogen and oxygen atoms in total. The Labute approximate surface area is 199 Å². The van der Waals surface area contributed by atoms with Gasteiger partial charge in [-0.25, -0.2) is 9.59 Å². The van der Waals surface area contributed by atoms with E-state index in [1.54, 1.807) is 20.8 Å². The van der Waals surface area contributed by atoms with Crippen LogP contribution in [0.4, 0.5) is 8.78 Å². The Hall–Kier alpha value is -2.39. The quantitative estimate of drug-likeness (QED) is 0.250. The third-order valence-electron chi connectivity index (χ3n) is 6.06. The summed E-state index contributed by atoms with van der Waals surface area (Å²) >= 11 is 0. The molecule has 0 aromatic rings. The van der Waals surface area contributed by atoms with Gasteiger partial charge in [-0.05, 0) is 34.1 Å². The molecule has 7 atom stereocenters. The molecule has 0 amide bonds. The predicted octanol–water partition coefficient (Wildman–Crippen LogP) is 0.476. The maximum absolute atomic E-state index is 13.4. The number of carbonyl (C=O) groups excluding carboxylic acids is 4. The van der Waals surface area contributed by atoms with Crippen LogP contribution in [0.5, 0.6) is 0 Å². The minimum atomic E-state index is -5.82. The summed E-state index contributed by atoms with van der Waals surface area (Å²) in [5.74, 6) is -5.91. The van der Waals surface area contributed by atoms with Crippen LogP contribution < -0.4 is 0 Å². The van der Waals surface area contributed by atoms with Gasteiger partial charge in [0.2, 0.25) is 0 Å². The van der Waals surface area contributed by atoms with Crippen LogP contribution in [0.25, 0.3) is 0 Å². The van der Waals surface area contributed by atoms with Gasteiger partial charge in [0.25, 0.3) is 0 Å². The molecule has 35 heavy (non-hydrogen) atoms. The van der Waals surface area contributed by atoms with Gasteiger partial charge in [0, 0.05) is 11.8 Å². The lowest BCUT2D eigenvalue weighted by Crippen LogP contribution is -2.45. The van der Waals surface area contributed by atoms with Gasteiger partial charge in [0.15, 0.2) is 6.10 Å². The molecule has 15 heteroatoms. The van der Waals surface area contributed by atoms with Crippen molar-refractivity contribution in [3.8, 4) is 0 Å². The maximum Gasteiger partial charge on any atom is 0.405 e. The lowest BCUT2D eigenvalue weighted by molar-refractivity contribution is -0.176. The highest BCUT2D eigenvalue weighted by molar-refractivity contribution is 7.86. The van der Waals surface area contributed by atoms with Crippen molar-refractivity contribution in [3.63, 3.8) is 0 Å².